The van der Waals surface area contributed by atoms with Gasteiger partial charge in [-0.15, -0.1) is 11.8 Å². The summed E-state index contributed by atoms with van der Waals surface area (Å²) in [5, 5.41) is 0. The summed E-state index contributed by atoms with van der Waals surface area (Å²) >= 11 is 1.39. The van der Waals surface area contributed by atoms with E-state index >= 15 is 0 Å². The summed E-state index contributed by atoms with van der Waals surface area (Å²) in [5.41, 5.74) is 5.90. The molecule has 2 N–H and O–H groups in total. The third kappa shape index (κ3) is 5.40. The van der Waals surface area contributed by atoms with Gasteiger partial charge in [-0.25, -0.2) is 9.18 Å². The van der Waals surface area contributed by atoms with E-state index in [1.54, 1.807) is 19.1 Å². The van der Waals surface area contributed by atoms with Gasteiger partial charge >= 0.3 is 5.97 Å². The maximum Gasteiger partial charge on any atom is 0.330 e. The van der Waals surface area contributed by atoms with Crippen molar-refractivity contribution in [3.05, 3.63) is 36.2 Å². The molecule has 92 valence electrons. The average Bonchev–Trinajstić information content (AvgIpc) is 2.23. The van der Waals surface area contributed by atoms with E-state index in [2.05, 4.69) is 0 Å². The number of halogens is 1. The van der Waals surface area contributed by atoms with E-state index in [-0.39, 0.29) is 11.8 Å². The molecule has 0 heterocycles. The minimum absolute atomic E-state index is 0.358. The summed E-state index contributed by atoms with van der Waals surface area (Å²) in [5.74, 6) is -0.171. The number of hydrogen-bond acceptors (Lipinski definition) is 4. The maximum absolute atomic E-state index is 13.0. The van der Waals surface area contributed by atoms with Crippen molar-refractivity contribution in [3.8, 4) is 0 Å². The SMILES string of the molecule is CCOC(=O)/C=C/CSc1cc(N)cc(F)c1. The van der Waals surface area contributed by atoms with Gasteiger partial charge < -0.3 is 10.5 Å². The number of rotatable bonds is 5. The second-order valence-corrected chi connectivity index (χ2v) is 4.28. The first-order chi connectivity index (χ1) is 8.11. The molecule has 3 nitrogen and oxygen atoms in total. The fourth-order valence-corrected chi connectivity index (χ4v) is 1.95. The fraction of sp³-hybridized carbons (Fsp3) is 0.250. The van der Waals surface area contributed by atoms with Gasteiger partial charge in [0.15, 0.2) is 0 Å². The molecule has 0 aromatic heterocycles. The molecule has 5 heteroatoms. The number of nitrogen functional groups attached to an aromatic ring is 1. The van der Waals surface area contributed by atoms with Crippen molar-refractivity contribution in [1.29, 1.82) is 0 Å². The molecule has 1 aromatic rings. The largest absolute Gasteiger partial charge is 0.463 e. The molecule has 0 atom stereocenters. The Bertz CT molecular complexity index is 401. The molecule has 17 heavy (non-hydrogen) atoms. The quantitative estimate of drug-likeness (QED) is 0.380. The van der Waals surface area contributed by atoms with Crippen LogP contribution in [0.5, 0.6) is 0 Å². The van der Waals surface area contributed by atoms with Gasteiger partial charge in [0.25, 0.3) is 0 Å². The molecule has 0 bridgehead atoms. The fourth-order valence-electron chi connectivity index (χ4n) is 1.15. The Hall–Kier alpha value is -1.49. The van der Waals surface area contributed by atoms with Crippen molar-refractivity contribution in [2.24, 2.45) is 0 Å². The van der Waals surface area contributed by atoms with Crippen LogP contribution in [-0.4, -0.2) is 18.3 Å². The molecular weight excluding hydrogens is 241 g/mol. The summed E-state index contributed by atoms with van der Waals surface area (Å²) < 4.78 is 17.7. The molecule has 0 aliphatic rings. The van der Waals surface area contributed by atoms with Crippen LogP contribution in [0.1, 0.15) is 6.92 Å². The zero-order chi connectivity index (χ0) is 12.7. The second-order valence-electron chi connectivity index (χ2n) is 3.19. The molecule has 0 radical (unpaired) electrons. The number of carbonyl (C=O) groups is 1. The topological polar surface area (TPSA) is 52.3 Å². The zero-order valence-corrected chi connectivity index (χ0v) is 10.3. The van der Waals surface area contributed by atoms with Crippen LogP contribution < -0.4 is 5.73 Å². The third-order valence-electron chi connectivity index (χ3n) is 1.78. The van der Waals surface area contributed by atoms with Crippen LogP contribution in [0.4, 0.5) is 10.1 Å². The summed E-state index contributed by atoms with van der Waals surface area (Å²) in [4.78, 5) is 11.7. The van der Waals surface area contributed by atoms with Crippen LogP contribution in [0.3, 0.4) is 0 Å². The minimum atomic E-state index is -0.369. The van der Waals surface area contributed by atoms with Crippen molar-refractivity contribution < 1.29 is 13.9 Å². The second kappa shape index (κ2) is 6.96. The first-order valence-corrected chi connectivity index (χ1v) is 6.12. The highest BCUT2D eigenvalue weighted by Gasteiger charge is 1.98. The Labute approximate surface area is 104 Å². The highest BCUT2D eigenvalue weighted by molar-refractivity contribution is 7.99. The monoisotopic (exact) mass is 255 g/mol. The maximum atomic E-state index is 13.0. The van der Waals surface area contributed by atoms with E-state index in [1.807, 2.05) is 0 Å². The Morgan fingerprint density at radius 2 is 2.29 bits per heavy atom. The van der Waals surface area contributed by atoms with E-state index in [1.165, 1.54) is 30.0 Å². The lowest BCUT2D eigenvalue weighted by Gasteiger charge is -2.00. The van der Waals surface area contributed by atoms with Gasteiger partial charge in [0.05, 0.1) is 6.61 Å². The van der Waals surface area contributed by atoms with Gasteiger partial charge in [0.1, 0.15) is 5.82 Å². The number of ether oxygens (including phenoxy) is 1. The lowest BCUT2D eigenvalue weighted by atomic mass is 10.3. The number of esters is 1. The summed E-state index contributed by atoms with van der Waals surface area (Å²) in [6, 6.07) is 4.35. The van der Waals surface area contributed by atoms with Gasteiger partial charge in [0, 0.05) is 22.4 Å². The molecule has 0 spiro atoms. The molecule has 0 aliphatic heterocycles. The number of anilines is 1. The molecular formula is C12H14FNO2S. The molecule has 1 aromatic carbocycles. The number of nitrogens with two attached hydrogens (primary N) is 1. The zero-order valence-electron chi connectivity index (χ0n) is 9.48. The van der Waals surface area contributed by atoms with E-state index < -0.39 is 0 Å². The smallest absolute Gasteiger partial charge is 0.330 e. The van der Waals surface area contributed by atoms with Gasteiger partial charge in [0.2, 0.25) is 0 Å². The van der Waals surface area contributed by atoms with Crippen molar-refractivity contribution in [3.63, 3.8) is 0 Å². The molecule has 0 unspecified atom stereocenters. The van der Waals surface area contributed by atoms with Gasteiger partial charge in [-0.3, -0.25) is 0 Å². The number of carbonyl (C=O) groups excluding carboxylic acids is 1. The van der Waals surface area contributed by atoms with Gasteiger partial charge in [-0.1, -0.05) is 6.08 Å². The van der Waals surface area contributed by atoms with Crippen molar-refractivity contribution in [2.75, 3.05) is 18.1 Å². The van der Waals surface area contributed by atoms with E-state index in [9.17, 15) is 9.18 Å². The average molecular weight is 255 g/mol. The predicted octanol–water partition coefficient (Wildman–Crippen LogP) is 2.62. The Kier molecular flexibility index (Phi) is 5.56. The standard InChI is InChI=1S/C12H14FNO2S/c1-2-16-12(15)4-3-5-17-11-7-9(13)6-10(14)8-11/h3-4,6-8H,2,5,14H2,1H3/b4-3+. The minimum Gasteiger partial charge on any atom is -0.463 e. The van der Waals surface area contributed by atoms with Crippen LogP contribution in [0.25, 0.3) is 0 Å². The molecule has 1 rings (SSSR count). The van der Waals surface area contributed by atoms with Crippen LogP contribution in [0, 0.1) is 5.82 Å². The Morgan fingerprint density at radius 1 is 1.53 bits per heavy atom. The number of benzene rings is 1. The highest BCUT2D eigenvalue weighted by atomic mass is 32.2. The molecule has 0 fully saturated rings. The summed E-state index contributed by atoms with van der Waals surface area (Å²) in [6.07, 6.45) is 3.03. The van der Waals surface area contributed by atoms with Crippen LogP contribution in [0.15, 0.2) is 35.2 Å². The first kappa shape index (κ1) is 13.6. The van der Waals surface area contributed by atoms with Crippen LogP contribution >= 0.6 is 11.8 Å². The Balaban J connectivity index is 2.43. The van der Waals surface area contributed by atoms with E-state index in [4.69, 9.17) is 10.5 Å². The molecule has 0 amide bonds. The lowest BCUT2D eigenvalue weighted by Crippen LogP contribution is -1.98. The number of hydrogen-bond donors (Lipinski definition) is 1. The Morgan fingerprint density at radius 3 is 2.94 bits per heavy atom. The highest BCUT2D eigenvalue weighted by Crippen LogP contribution is 2.21. The van der Waals surface area contributed by atoms with Gasteiger partial charge in [-0.05, 0) is 25.1 Å². The van der Waals surface area contributed by atoms with Crippen molar-refractivity contribution in [1.82, 2.24) is 0 Å². The first-order valence-electron chi connectivity index (χ1n) is 5.14. The number of thioether (sulfide) groups is 1. The van der Waals surface area contributed by atoms with E-state index in [0.717, 1.165) is 4.90 Å². The summed E-state index contributed by atoms with van der Waals surface area (Å²) in [7, 11) is 0. The van der Waals surface area contributed by atoms with Crippen molar-refractivity contribution >= 4 is 23.4 Å². The lowest BCUT2D eigenvalue weighted by molar-refractivity contribution is -0.137. The summed E-state index contributed by atoms with van der Waals surface area (Å²) in [6.45, 7) is 2.10. The molecule has 0 saturated heterocycles. The molecule has 0 aliphatic carbocycles. The van der Waals surface area contributed by atoms with Gasteiger partial charge in [-0.2, -0.15) is 0 Å². The predicted molar refractivity (Wildman–Crippen MR) is 67.3 cm³/mol. The van der Waals surface area contributed by atoms with Crippen molar-refractivity contribution in [2.45, 2.75) is 11.8 Å². The molecule has 0 saturated carbocycles. The van der Waals surface area contributed by atoms with Crippen LogP contribution in [0.2, 0.25) is 0 Å². The van der Waals surface area contributed by atoms with E-state index in [0.29, 0.717) is 18.0 Å². The third-order valence-corrected chi connectivity index (χ3v) is 2.71. The normalized spacial score (nSPS) is 10.7. The van der Waals surface area contributed by atoms with Crippen LogP contribution in [-0.2, 0) is 9.53 Å².